The predicted octanol–water partition coefficient (Wildman–Crippen LogP) is 17.5. The molecule has 0 fully saturated rings. The molecule has 3 heteroatoms. The van der Waals surface area contributed by atoms with E-state index in [2.05, 4.69) is 263 Å². The molecule has 0 atom stereocenters. The fourth-order valence-corrected chi connectivity index (χ4v) is 10.6. The third-order valence-electron chi connectivity index (χ3n) is 13.8. The summed E-state index contributed by atoms with van der Waals surface area (Å²) in [6, 6.07) is 91.3. The summed E-state index contributed by atoms with van der Waals surface area (Å²) in [6.07, 6.45) is 1.87. The molecule has 2 heterocycles. The summed E-state index contributed by atoms with van der Waals surface area (Å²) < 4.78 is 0. The Hall–Kier alpha value is -8.66. The predicted molar refractivity (Wildman–Crippen MR) is 282 cm³/mol. The largest absolute Gasteiger partial charge is 0.310 e. The smallest absolute Gasteiger partial charge is 0.0546 e. The maximum atomic E-state index is 2.43. The lowest BCUT2D eigenvalue weighted by Crippen LogP contribution is -2.18. The molecule has 0 amide bonds. The van der Waals surface area contributed by atoms with Gasteiger partial charge in [-0.25, -0.2) is 0 Å². The maximum Gasteiger partial charge on any atom is 0.0546 e. The molecule has 11 aromatic carbocycles. The van der Waals surface area contributed by atoms with Gasteiger partial charge in [-0.2, -0.15) is 0 Å². The lowest BCUT2D eigenvalue weighted by atomic mass is 9.94. The molecule has 11 aromatic rings. The molecule has 0 bridgehead atoms. The summed E-state index contributed by atoms with van der Waals surface area (Å²) in [4.78, 5) is 7.27. The molecular weight excluding hydrogens is 811 g/mol. The van der Waals surface area contributed by atoms with Crippen molar-refractivity contribution in [3.63, 3.8) is 0 Å². The van der Waals surface area contributed by atoms with Gasteiger partial charge in [0.25, 0.3) is 0 Å². The summed E-state index contributed by atoms with van der Waals surface area (Å²) in [7, 11) is 0. The fourth-order valence-electron chi connectivity index (χ4n) is 10.6. The van der Waals surface area contributed by atoms with Gasteiger partial charge in [0.2, 0.25) is 0 Å². The van der Waals surface area contributed by atoms with E-state index in [9.17, 15) is 0 Å². The Bertz CT molecular complexity index is 3390. The molecule has 0 radical (unpaired) electrons. The third-order valence-corrected chi connectivity index (χ3v) is 13.8. The molecule has 0 spiro atoms. The van der Waals surface area contributed by atoms with Crippen LogP contribution in [0.4, 0.5) is 51.2 Å². The van der Waals surface area contributed by atoms with Crippen LogP contribution in [-0.2, 0) is 12.8 Å². The second kappa shape index (κ2) is 16.1. The zero-order chi connectivity index (χ0) is 44.3. The van der Waals surface area contributed by atoms with E-state index in [1.807, 2.05) is 0 Å². The summed E-state index contributed by atoms with van der Waals surface area (Å²) in [6.45, 7) is 0. The summed E-state index contributed by atoms with van der Waals surface area (Å²) >= 11 is 0. The number of hydrogen-bond acceptors (Lipinski definition) is 3. The van der Waals surface area contributed by atoms with Gasteiger partial charge in [-0.3, -0.25) is 0 Å². The number of benzene rings is 11. The highest BCUT2D eigenvalue weighted by Gasteiger charge is 2.26. The van der Waals surface area contributed by atoms with Gasteiger partial charge in [-0.1, -0.05) is 170 Å². The average Bonchev–Trinajstić information content (AvgIpc) is 3.40. The van der Waals surface area contributed by atoms with E-state index < -0.39 is 0 Å². The minimum Gasteiger partial charge on any atom is -0.310 e. The van der Waals surface area contributed by atoms with Crippen molar-refractivity contribution >= 4 is 72.7 Å². The molecule has 67 heavy (non-hydrogen) atoms. The van der Waals surface area contributed by atoms with Gasteiger partial charge in [0.15, 0.2) is 0 Å². The van der Waals surface area contributed by atoms with E-state index in [0.29, 0.717) is 0 Å². The van der Waals surface area contributed by atoms with Gasteiger partial charge < -0.3 is 14.7 Å². The van der Waals surface area contributed by atoms with Crippen molar-refractivity contribution in [3.05, 3.63) is 271 Å². The monoisotopic (exact) mass is 855 g/mol. The Morgan fingerprint density at radius 1 is 0.284 bits per heavy atom. The lowest BCUT2D eigenvalue weighted by molar-refractivity contribution is 1.09. The topological polar surface area (TPSA) is 9.72 Å². The third kappa shape index (κ3) is 6.75. The van der Waals surface area contributed by atoms with Gasteiger partial charge >= 0.3 is 0 Å². The summed E-state index contributed by atoms with van der Waals surface area (Å²) in [5.74, 6) is 0. The summed E-state index contributed by atoms with van der Waals surface area (Å²) in [5.41, 5.74) is 20.7. The van der Waals surface area contributed by atoms with Crippen LogP contribution in [0, 0.1) is 0 Å². The normalized spacial score (nSPS) is 12.6. The highest BCUT2D eigenvalue weighted by atomic mass is 15.2. The van der Waals surface area contributed by atoms with Crippen LogP contribution in [0.3, 0.4) is 0 Å². The van der Waals surface area contributed by atoms with E-state index in [-0.39, 0.29) is 0 Å². The number of fused-ring (bicyclic) bond motifs is 7. The summed E-state index contributed by atoms with van der Waals surface area (Å²) in [5, 5.41) is 4.91. The van der Waals surface area contributed by atoms with Gasteiger partial charge in [-0.15, -0.1) is 0 Å². The zero-order valence-electron chi connectivity index (χ0n) is 36.9. The average molecular weight is 856 g/mol. The zero-order valence-corrected chi connectivity index (χ0v) is 36.9. The molecule has 0 saturated carbocycles. The number of para-hydroxylation sites is 4. The van der Waals surface area contributed by atoms with Crippen LogP contribution in [0.2, 0.25) is 0 Å². The van der Waals surface area contributed by atoms with Gasteiger partial charge in [0, 0.05) is 63.7 Å². The van der Waals surface area contributed by atoms with Crippen LogP contribution in [0.5, 0.6) is 0 Å². The molecule has 2 aliphatic rings. The number of nitrogens with zero attached hydrogens (tertiary/aromatic N) is 3. The Morgan fingerprint density at radius 3 is 1.13 bits per heavy atom. The van der Waals surface area contributed by atoms with Gasteiger partial charge in [0.05, 0.1) is 5.69 Å². The number of rotatable bonds is 7. The van der Waals surface area contributed by atoms with Crippen molar-refractivity contribution in [2.24, 2.45) is 0 Å². The van der Waals surface area contributed by atoms with Crippen molar-refractivity contribution in [1.29, 1.82) is 0 Å². The highest BCUT2D eigenvalue weighted by Crippen LogP contribution is 2.47. The second-order valence-corrected chi connectivity index (χ2v) is 17.7. The fraction of sp³-hybridized carbons (Fsp3) is 0.0312. The quantitative estimate of drug-likeness (QED) is 0.148. The molecule has 3 nitrogen and oxygen atoms in total. The molecular formula is C64H45N3. The van der Waals surface area contributed by atoms with E-state index in [1.54, 1.807) is 0 Å². The molecule has 13 rings (SSSR count). The van der Waals surface area contributed by atoms with Crippen LogP contribution >= 0.6 is 0 Å². The van der Waals surface area contributed by atoms with Gasteiger partial charge in [-0.05, 0) is 140 Å². The van der Waals surface area contributed by atoms with Crippen molar-refractivity contribution in [3.8, 4) is 22.3 Å². The van der Waals surface area contributed by atoms with Crippen molar-refractivity contribution in [2.75, 3.05) is 14.7 Å². The van der Waals surface area contributed by atoms with Gasteiger partial charge in [0.1, 0.15) is 0 Å². The molecule has 0 aliphatic carbocycles. The Balaban J connectivity index is 0.892. The van der Waals surface area contributed by atoms with Crippen LogP contribution in [0.15, 0.2) is 249 Å². The van der Waals surface area contributed by atoms with E-state index in [1.165, 1.54) is 88.8 Å². The Morgan fingerprint density at radius 2 is 0.672 bits per heavy atom. The maximum absolute atomic E-state index is 2.43. The first-order chi connectivity index (χ1) is 33.2. The Labute approximate surface area is 391 Å². The first-order valence-corrected chi connectivity index (χ1v) is 23.3. The molecule has 0 N–H and O–H groups in total. The van der Waals surface area contributed by atoms with E-state index in [4.69, 9.17) is 0 Å². The van der Waals surface area contributed by atoms with Crippen molar-refractivity contribution in [1.82, 2.24) is 0 Å². The van der Waals surface area contributed by atoms with E-state index >= 15 is 0 Å². The standard InChI is InChI=1S/C64H45N3/c1-6-24-57-48(15-1)43-64(59-26-8-7-25-58(57)59)65(53-35-31-44(32-36-53)46-20-13-22-55(41-46)66-60-27-9-2-16-49(60)39-50-17-3-10-28-61(50)66)54-37-33-45(34-38-54)47-21-14-23-56(42-47)67-62-29-11-4-18-51(62)40-52-19-5-12-30-63(52)67/h1-38,41-43H,39-40H2. The lowest BCUT2D eigenvalue weighted by Gasteiger charge is -2.33. The molecule has 0 unspecified atom stereocenters. The first-order valence-electron chi connectivity index (χ1n) is 23.3. The van der Waals surface area contributed by atoms with Crippen LogP contribution in [0.1, 0.15) is 22.3 Å². The van der Waals surface area contributed by atoms with E-state index in [0.717, 1.165) is 41.3 Å². The molecule has 2 aliphatic heterocycles. The van der Waals surface area contributed by atoms with Crippen molar-refractivity contribution in [2.45, 2.75) is 12.8 Å². The molecule has 0 saturated heterocycles. The Kier molecular flexibility index (Phi) is 9.31. The van der Waals surface area contributed by atoms with Crippen LogP contribution in [-0.4, -0.2) is 0 Å². The number of anilines is 9. The first kappa shape index (κ1) is 38.8. The van der Waals surface area contributed by atoms with Crippen molar-refractivity contribution < 1.29 is 0 Å². The minimum atomic E-state index is 0.937. The number of hydrogen-bond donors (Lipinski definition) is 0. The molecule has 0 aromatic heterocycles. The van der Waals surface area contributed by atoms with Crippen LogP contribution < -0.4 is 14.7 Å². The second-order valence-electron chi connectivity index (χ2n) is 17.7. The SMILES string of the molecule is c1cc(-c2ccc(N(c3ccc(-c4cccc(N5c6ccccc6Cc6ccccc65)c4)cc3)c3cc4ccccc4c4ccccc34)cc2)cc(N2c3ccccc3Cc3ccccc32)c1. The molecule has 316 valence electrons. The highest BCUT2D eigenvalue weighted by molar-refractivity contribution is 6.14. The van der Waals surface area contributed by atoms with Crippen LogP contribution in [0.25, 0.3) is 43.8 Å². The minimum absolute atomic E-state index is 0.937.